The smallest absolute Gasteiger partial charge is 0.0948 e. The standard InChI is InChI=1S/C23H28N2O/c1-17-7-3-5-9-21(17)23(26)12-14-25(16-18(23)2)13-11-19-15-24-22-10-6-4-8-20(19)22/h3-10,15,18,24,26H,11-14,16H2,1-2H3. The molecule has 3 aromatic rings. The van der Waals surface area contributed by atoms with E-state index < -0.39 is 5.60 Å². The number of piperidine rings is 1. The van der Waals surface area contributed by atoms with Crippen LogP contribution in [0.4, 0.5) is 0 Å². The third-order valence-electron chi connectivity index (χ3n) is 6.14. The molecule has 0 amide bonds. The minimum absolute atomic E-state index is 0.223. The van der Waals surface area contributed by atoms with Gasteiger partial charge < -0.3 is 15.0 Å². The van der Waals surface area contributed by atoms with Gasteiger partial charge >= 0.3 is 0 Å². The molecule has 1 fully saturated rings. The molecule has 136 valence electrons. The molecule has 4 rings (SSSR count). The monoisotopic (exact) mass is 348 g/mol. The van der Waals surface area contributed by atoms with Gasteiger partial charge in [0.1, 0.15) is 0 Å². The second kappa shape index (κ2) is 6.90. The van der Waals surface area contributed by atoms with Crippen LogP contribution in [0, 0.1) is 12.8 Å². The van der Waals surface area contributed by atoms with Crippen molar-refractivity contribution in [3.05, 3.63) is 71.4 Å². The number of H-pyrrole nitrogens is 1. The van der Waals surface area contributed by atoms with Crippen LogP contribution in [0.3, 0.4) is 0 Å². The van der Waals surface area contributed by atoms with Gasteiger partial charge in [0.15, 0.2) is 0 Å². The van der Waals surface area contributed by atoms with Crippen LogP contribution in [0.15, 0.2) is 54.7 Å². The maximum atomic E-state index is 11.4. The van der Waals surface area contributed by atoms with E-state index in [2.05, 4.69) is 66.3 Å². The lowest BCUT2D eigenvalue weighted by Gasteiger charge is -2.44. The molecule has 1 saturated heterocycles. The number of aliphatic hydroxyl groups is 1. The number of hydrogen-bond donors (Lipinski definition) is 2. The average Bonchev–Trinajstić information content (AvgIpc) is 3.06. The Kier molecular flexibility index (Phi) is 4.60. The number of aromatic nitrogens is 1. The van der Waals surface area contributed by atoms with E-state index in [1.807, 2.05) is 12.1 Å². The van der Waals surface area contributed by atoms with Gasteiger partial charge in [0, 0.05) is 42.7 Å². The van der Waals surface area contributed by atoms with Crippen molar-refractivity contribution in [2.75, 3.05) is 19.6 Å². The van der Waals surface area contributed by atoms with E-state index in [9.17, 15) is 5.11 Å². The molecule has 0 bridgehead atoms. The minimum atomic E-state index is -0.706. The first kappa shape index (κ1) is 17.3. The Morgan fingerprint density at radius 2 is 1.92 bits per heavy atom. The number of benzene rings is 2. The van der Waals surface area contributed by atoms with Gasteiger partial charge in [0.05, 0.1) is 5.60 Å². The largest absolute Gasteiger partial charge is 0.385 e. The first-order valence-corrected chi connectivity index (χ1v) is 9.64. The van der Waals surface area contributed by atoms with Crippen molar-refractivity contribution in [2.24, 2.45) is 5.92 Å². The lowest BCUT2D eigenvalue weighted by atomic mass is 9.75. The van der Waals surface area contributed by atoms with Crippen molar-refractivity contribution in [2.45, 2.75) is 32.3 Å². The van der Waals surface area contributed by atoms with Crippen molar-refractivity contribution in [1.82, 2.24) is 9.88 Å². The number of fused-ring (bicyclic) bond motifs is 1. The summed E-state index contributed by atoms with van der Waals surface area (Å²) in [5.41, 5.74) is 4.18. The fourth-order valence-electron chi connectivity index (χ4n) is 4.48. The first-order valence-electron chi connectivity index (χ1n) is 9.64. The Morgan fingerprint density at radius 1 is 1.15 bits per heavy atom. The molecule has 3 heteroatoms. The van der Waals surface area contributed by atoms with Gasteiger partial charge in [-0.1, -0.05) is 49.4 Å². The first-order chi connectivity index (χ1) is 12.6. The summed E-state index contributed by atoms with van der Waals surface area (Å²) in [6.45, 7) is 7.20. The Morgan fingerprint density at radius 3 is 2.73 bits per heavy atom. The summed E-state index contributed by atoms with van der Waals surface area (Å²) < 4.78 is 0. The zero-order valence-electron chi connectivity index (χ0n) is 15.7. The van der Waals surface area contributed by atoms with Crippen LogP contribution in [0.25, 0.3) is 10.9 Å². The molecular formula is C23H28N2O. The SMILES string of the molecule is Cc1ccccc1C1(O)CCN(CCc2c[nH]c3ccccc23)CC1C. The maximum absolute atomic E-state index is 11.4. The van der Waals surface area contributed by atoms with E-state index in [0.717, 1.165) is 38.0 Å². The molecule has 2 atom stereocenters. The number of likely N-dealkylation sites (tertiary alicyclic amines) is 1. The summed E-state index contributed by atoms with van der Waals surface area (Å²) in [6, 6.07) is 16.8. The van der Waals surface area contributed by atoms with Crippen molar-refractivity contribution >= 4 is 10.9 Å². The molecule has 0 aliphatic carbocycles. The van der Waals surface area contributed by atoms with Gasteiger partial charge in [-0.2, -0.15) is 0 Å². The highest BCUT2D eigenvalue weighted by molar-refractivity contribution is 5.83. The average molecular weight is 348 g/mol. The topological polar surface area (TPSA) is 39.3 Å². The molecule has 3 nitrogen and oxygen atoms in total. The Hall–Kier alpha value is -2.10. The lowest BCUT2D eigenvalue weighted by molar-refractivity contribution is -0.0711. The third kappa shape index (κ3) is 3.06. The molecule has 0 radical (unpaired) electrons. The number of para-hydroxylation sites is 1. The van der Waals surface area contributed by atoms with Gasteiger partial charge in [-0.25, -0.2) is 0 Å². The maximum Gasteiger partial charge on any atom is 0.0948 e. The van der Waals surface area contributed by atoms with E-state index in [-0.39, 0.29) is 5.92 Å². The lowest BCUT2D eigenvalue weighted by Crippen LogP contribution is -2.49. The molecule has 2 N–H and O–H groups in total. The molecule has 1 aliphatic heterocycles. The Bertz CT molecular complexity index is 900. The number of nitrogens with zero attached hydrogens (tertiary/aromatic N) is 1. The predicted molar refractivity (Wildman–Crippen MR) is 107 cm³/mol. The van der Waals surface area contributed by atoms with Crippen LogP contribution >= 0.6 is 0 Å². The second-order valence-corrected chi connectivity index (χ2v) is 7.80. The van der Waals surface area contributed by atoms with Gasteiger partial charge in [0.2, 0.25) is 0 Å². The Labute approximate surface area is 155 Å². The number of hydrogen-bond acceptors (Lipinski definition) is 2. The van der Waals surface area contributed by atoms with E-state index >= 15 is 0 Å². The van der Waals surface area contributed by atoms with Crippen molar-refractivity contribution in [3.63, 3.8) is 0 Å². The molecule has 2 heterocycles. The Balaban J connectivity index is 1.43. The quantitative estimate of drug-likeness (QED) is 0.740. The molecule has 0 saturated carbocycles. The van der Waals surface area contributed by atoms with E-state index in [4.69, 9.17) is 0 Å². The normalized spacial score (nSPS) is 24.2. The van der Waals surface area contributed by atoms with Crippen LogP contribution in [-0.4, -0.2) is 34.6 Å². The summed E-state index contributed by atoms with van der Waals surface area (Å²) in [7, 11) is 0. The van der Waals surface area contributed by atoms with Gasteiger partial charge in [-0.05, 0) is 42.5 Å². The molecular weight excluding hydrogens is 320 g/mol. The molecule has 26 heavy (non-hydrogen) atoms. The summed E-state index contributed by atoms with van der Waals surface area (Å²) >= 11 is 0. The van der Waals surface area contributed by atoms with Crippen molar-refractivity contribution < 1.29 is 5.11 Å². The van der Waals surface area contributed by atoms with E-state index in [0.29, 0.717) is 0 Å². The van der Waals surface area contributed by atoms with Crippen LogP contribution in [-0.2, 0) is 12.0 Å². The molecule has 2 aromatic carbocycles. The fraction of sp³-hybridized carbons (Fsp3) is 0.391. The summed E-state index contributed by atoms with van der Waals surface area (Å²) in [6.07, 6.45) is 3.98. The van der Waals surface area contributed by atoms with Gasteiger partial charge in [0.25, 0.3) is 0 Å². The van der Waals surface area contributed by atoms with Gasteiger partial charge in [-0.15, -0.1) is 0 Å². The van der Waals surface area contributed by atoms with Crippen LogP contribution in [0.1, 0.15) is 30.0 Å². The highest BCUT2D eigenvalue weighted by Gasteiger charge is 2.40. The van der Waals surface area contributed by atoms with Crippen LogP contribution in [0.2, 0.25) is 0 Å². The van der Waals surface area contributed by atoms with Crippen molar-refractivity contribution in [1.29, 1.82) is 0 Å². The number of aromatic amines is 1. The van der Waals surface area contributed by atoms with Gasteiger partial charge in [-0.3, -0.25) is 0 Å². The minimum Gasteiger partial charge on any atom is -0.385 e. The fourth-order valence-corrected chi connectivity index (χ4v) is 4.48. The zero-order valence-corrected chi connectivity index (χ0v) is 15.7. The van der Waals surface area contributed by atoms with E-state index in [1.165, 1.54) is 22.0 Å². The highest BCUT2D eigenvalue weighted by Crippen LogP contribution is 2.38. The predicted octanol–water partition coefficient (Wildman–Crippen LogP) is 4.25. The molecule has 1 aromatic heterocycles. The molecule has 2 unspecified atom stereocenters. The number of nitrogens with one attached hydrogen (secondary N) is 1. The van der Waals surface area contributed by atoms with Crippen LogP contribution in [0.5, 0.6) is 0 Å². The number of aryl methyl sites for hydroxylation is 1. The second-order valence-electron chi connectivity index (χ2n) is 7.80. The summed E-state index contributed by atoms with van der Waals surface area (Å²) in [5.74, 6) is 0.223. The summed E-state index contributed by atoms with van der Waals surface area (Å²) in [5, 5.41) is 12.7. The molecule has 0 spiro atoms. The highest BCUT2D eigenvalue weighted by atomic mass is 16.3. The van der Waals surface area contributed by atoms with Crippen LogP contribution < -0.4 is 0 Å². The third-order valence-corrected chi connectivity index (χ3v) is 6.14. The number of rotatable bonds is 4. The van der Waals surface area contributed by atoms with E-state index in [1.54, 1.807) is 0 Å². The summed E-state index contributed by atoms with van der Waals surface area (Å²) in [4.78, 5) is 5.87. The van der Waals surface area contributed by atoms with Crippen molar-refractivity contribution in [3.8, 4) is 0 Å². The molecule has 1 aliphatic rings. The zero-order chi connectivity index (χ0) is 18.1.